The summed E-state index contributed by atoms with van der Waals surface area (Å²) < 4.78 is 5.63. The van der Waals surface area contributed by atoms with Gasteiger partial charge in [-0.3, -0.25) is 9.59 Å². The molecule has 0 aliphatic carbocycles. The van der Waals surface area contributed by atoms with Gasteiger partial charge in [-0.2, -0.15) is 0 Å². The van der Waals surface area contributed by atoms with Gasteiger partial charge < -0.3 is 24.7 Å². The van der Waals surface area contributed by atoms with Crippen LogP contribution in [-0.2, 0) is 9.59 Å². The molecule has 2 aromatic rings. The number of nitrogens with zero attached hydrogens (tertiary/aromatic N) is 1. The summed E-state index contributed by atoms with van der Waals surface area (Å²) in [7, 11) is 0. The lowest BCUT2D eigenvalue weighted by Crippen LogP contribution is -3.12. The van der Waals surface area contributed by atoms with E-state index in [1.807, 2.05) is 13.8 Å². The molecule has 1 saturated heterocycles. The number of rotatable bonds is 9. The Labute approximate surface area is 194 Å². The fraction of sp³-hybridized carbons (Fsp3) is 0.385. The predicted molar refractivity (Wildman–Crippen MR) is 124 cm³/mol. The number of benzene rings is 2. The molecule has 3 rings (SSSR count). The van der Waals surface area contributed by atoms with Gasteiger partial charge in [0.05, 0.1) is 38.3 Å². The summed E-state index contributed by atoms with van der Waals surface area (Å²) in [5.41, 5.74) is 0.879. The highest BCUT2D eigenvalue weighted by Gasteiger charge is 2.44. The Hall–Kier alpha value is -3.32. The molecule has 1 aliphatic rings. The normalized spacial score (nSPS) is 17.9. The first-order chi connectivity index (χ1) is 15.8. The number of ether oxygens (including phenoxy) is 1. The van der Waals surface area contributed by atoms with Crippen LogP contribution < -0.4 is 14.7 Å². The van der Waals surface area contributed by atoms with Crippen LogP contribution in [0.3, 0.4) is 0 Å². The minimum absolute atomic E-state index is 0.00432. The van der Waals surface area contributed by atoms with E-state index in [1.54, 1.807) is 36.4 Å². The number of hydrogen-bond acceptors (Lipinski definition) is 5. The first-order valence-electron chi connectivity index (χ1n) is 11.4. The van der Waals surface area contributed by atoms with Gasteiger partial charge in [0.15, 0.2) is 0 Å². The standard InChI is InChI=1S/C26H32N2O5/c1-5-27(6-2)15-16-28-23(18-7-11-20(29)12-8-18)22(25(31)26(28)32)24(30)19-9-13-21(14-10-19)33-17(3)4/h7-14,17,23,29-30H,5-6,15-16H2,1-4H3/b24-22-. The lowest BCUT2D eigenvalue weighted by Gasteiger charge is -2.28. The van der Waals surface area contributed by atoms with Gasteiger partial charge >= 0.3 is 0 Å². The van der Waals surface area contributed by atoms with E-state index in [1.165, 1.54) is 21.9 Å². The number of carbonyl (C=O) groups excluding carboxylic acids is 2. The predicted octanol–water partition coefficient (Wildman–Crippen LogP) is 1.33. The van der Waals surface area contributed by atoms with Crippen molar-refractivity contribution in [1.82, 2.24) is 4.90 Å². The van der Waals surface area contributed by atoms with Gasteiger partial charge in [0.1, 0.15) is 11.5 Å². The van der Waals surface area contributed by atoms with E-state index in [2.05, 4.69) is 13.8 Å². The van der Waals surface area contributed by atoms with Gasteiger partial charge in [-0.15, -0.1) is 0 Å². The maximum Gasteiger partial charge on any atom is 0.295 e. The molecule has 2 N–H and O–H groups in total. The molecule has 0 aromatic heterocycles. The zero-order valence-corrected chi connectivity index (χ0v) is 19.6. The van der Waals surface area contributed by atoms with E-state index in [0.717, 1.165) is 13.1 Å². The third kappa shape index (κ3) is 5.37. The lowest BCUT2D eigenvalue weighted by molar-refractivity contribution is -0.895. The van der Waals surface area contributed by atoms with Crippen LogP contribution in [0, 0.1) is 0 Å². The molecule has 33 heavy (non-hydrogen) atoms. The zero-order chi connectivity index (χ0) is 24.1. The number of phenolic OH excluding ortho intramolecular Hbond substituents is 1. The first-order valence-corrected chi connectivity index (χ1v) is 11.4. The molecule has 0 saturated carbocycles. The minimum atomic E-state index is -0.792. The van der Waals surface area contributed by atoms with Crippen LogP contribution in [0.4, 0.5) is 0 Å². The number of ketones is 1. The Kier molecular flexibility index (Phi) is 7.76. The number of Topliss-reactive ketones (excluding diaryl/α,β-unsaturated/α-hetero) is 1. The SMILES string of the molecule is CC[NH+](CC)CCN1C(=O)C(=O)/C(=C(\[O-])c2ccc(OC(C)C)cc2)C1c1ccc(O)cc1. The van der Waals surface area contributed by atoms with Crippen LogP contribution in [0.15, 0.2) is 54.1 Å². The molecule has 0 spiro atoms. The molecule has 1 unspecified atom stereocenters. The first kappa shape index (κ1) is 24.3. The fourth-order valence-corrected chi connectivity index (χ4v) is 4.10. The quantitative estimate of drug-likeness (QED) is 0.340. The molecule has 7 nitrogen and oxygen atoms in total. The molecule has 2 aromatic carbocycles. The number of carbonyl (C=O) groups is 2. The summed E-state index contributed by atoms with van der Waals surface area (Å²) in [6.45, 7) is 10.8. The Morgan fingerprint density at radius 3 is 2.21 bits per heavy atom. The molecule has 0 bridgehead atoms. The number of aromatic hydroxyl groups is 1. The van der Waals surface area contributed by atoms with Gasteiger partial charge in [0.25, 0.3) is 5.91 Å². The molecule has 176 valence electrons. The summed E-state index contributed by atoms with van der Waals surface area (Å²) in [5, 5.41) is 23.2. The average molecular weight is 453 g/mol. The van der Waals surface area contributed by atoms with Gasteiger partial charge in [0.2, 0.25) is 5.78 Å². The van der Waals surface area contributed by atoms with Gasteiger partial charge in [0, 0.05) is 5.57 Å². The van der Waals surface area contributed by atoms with E-state index >= 15 is 0 Å². The number of phenols is 1. The highest BCUT2D eigenvalue weighted by Crippen LogP contribution is 2.38. The highest BCUT2D eigenvalue weighted by atomic mass is 16.5. The van der Waals surface area contributed by atoms with E-state index in [9.17, 15) is 19.8 Å². The highest BCUT2D eigenvalue weighted by molar-refractivity contribution is 6.46. The van der Waals surface area contributed by atoms with Crippen LogP contribution in [0.2, 0.25) is 0 Å². The third-order valence-electron chi connectivity index (χ3n) is 5.93. The molecule has 0 radical (unpaired) electrons. The second kappa shape index (κ2) is 10.5. The van der Waals surface area contributed by atoms with E-state index in [0.29, 0.717) is 30.0 Å². The van der Waals surface area contributed by atoms with Crippen molar-refractivity contribution in [1.29, 1.82) is 0 Å². The monoisotopic (exact) mass is 452 g/mol. The van der Waals surface area contributed by atoms with Crippen LogP contribution in [-0.4, -0.2) is 54.0 Å². The van der Waals surface area contributed by atoms with Crippen molar-refractivity contribution in [2.24, 2.45) is 0 Å². The molecule has 1 heterocycles. The maximum absolute atomic E-state index is 13.5. The number of hydrogen-bond donors (Lipinski definition) is 2. The third-order valence-corrected chi connectivity index (χ3v) is 5.93. The molecule has 7 heteroatoms. The van der Waals surface area contributed by atoms with Crippen molar-refractivity contribution in [2.75, 3.05) is 26.2 Å². The van der Waals surface area contributed by atoms with Crippen LogP contribution in [0.25, 0.3) is 5.76 Å². The van der Waals surface area contributed by atoms with Crippen molar-refractivity contribution < 1.29 is 29.4 Å². The Morgan fingerprint density at radius 2 is 1.67 bits per heavy atom. The lowest BCUT2D eigenvalue weighted by atomic mass is 9.95. The summed E-state index contributed by atoms with van der Waals surface area (Å²) in [6.07, 6.45) is -0.00432. The van der Waals surface area contributed by atoms with E-state index in [-0.39, 0.29) is 17.4 Å². The number of likely N-dealkylation sites (N-methyl/N-ethyl adjacent to an activating group) is 1. The largest absolute Gasteiger partial charge is 0.872 e. The van der Waals surface area contributed by atoms with Crippen LogP contribution in [0.1, 0.15) is 44.9 Å². The average Bonchev–Trinajstić information content (AvgIpc) is 3.05. The van der Waals surface area contributed by atoms with Gasteiger partial charge in [-0.25, -0.2) is 0 Å². The van der Waals surface area contributed by atoms with Crippen LogP contribution >= 0.6 is 0 Å². The Balaban J connectivity index is 2.04. The molecule has 1 fully saturated rings. The molecular weight excluding hydrogens is 420 g/mol. The summed E-state index contributed by atoms with van der Waals surface area (Å²) in [6, 6.07) is 12.1. The van der Waals surface area contributed by atoms with Crippen molar-refractivity contribution in [3.05, 3.63) is 65.2 Å². The van der Waals surface area contributed by atoms with Gasteiger partial charge in [-0.05, 0) is 63.1 Å². The summed E-state index contributed by atoms with van der Waals surface area (Å²) in [5.74, 6) is -1.21. The van der Waals surface area contributed by atoms with Crippen molar-refractivity contribution >= 4 is 17.4 Å². The molecular formula is C26H32N2O5. The number of amides is 1. The Morgan fingerprint density at radius 1 is 1.06 bits per heavy atom. The topological polar surface area (TPSA) is 94.3 Å². The Bertz CT molecular complexity index is 1010. The molecule has 1 amide bonds. The maximum atomic E-state index is 13.5. The molecule has 1 atom stereocenters. The van der Waals surface area contributed by atoms with Crippen molar-refractivity contribution in [3.63, 3.8) is 0 Å². The van der Waals surface area contributed by atoms with E-state index in [4.69, 9.17) is 4.74 Å². The number of nitrogens with one attached hydrogen (secondary N) is 1. The zero-order valence-electron chi connectivity index (χ0n) is 19.6. The second-order valence-electron chi connectivity index (χ2n) is 8.46. The minimum Gasteiger partial charge on any atom is -0.872 e. The van der Waals surface area contributed by atoms with E-state index < -0.39 is 23.5 Å². The van der Waals surface area contributed by atoms with Gasteiger partial charge in [-0.1, -0.05) is 30.0 Å². The fourth-order valence-electron chi connectivity index (χ4n) is 4.10. The van der Waals surface area contributed by atoms with Crippen LogP contribution in [0.5, 0.6) is 11.5 Å². The van der Waals surface area contributed by atoms with Crippen molar-refractivity contribution in [2.45, 2.75) is 39.8 Å². The van der Waals surface area contributed by atoms with Crippen molar-refractivity contribution in [3.8, 4) is 11.5 Å². The number of likely N-dealkylation sites (tertiary alicyclic amines) is 1. The summed E-state index contributed by atoms with van der Waals surface area (Å²) in [4.78, 5) is 28.8. The summed E-state index contributed by atoms with van der Waals surface area (Å²) >= 11 is 0. The number of quaternary nitrogens is 1. The smallest absolute Gasteiger partial charge is 0.295 e. The second-order valence-corrected chi connectivity index (χ2v) is 8.46. The molecule has 1 aliphatic heterocycles.